The topological polar surface area (TPSA) is 85.3 Å². The van der Waals surface area contributed by atoms with Crippen molar-refractivity contribution in [3.8, 4) is 0 Å². The summed E-state index contributed by atoms with van der Waals surface area (Å²) in [7, 11) is -3.55. The van der Waals surface area contributed by atoms with Gasteiger partial charge < -0.3 is 10.2 Å². The van der Waals surface area contributed by atoms with Crippen LogP contribution in [0.15, 0.2) is 15.4 Å². The van der Waals surface area contributed by atoms with Gasteiger partial charge in [-0.1, -0.05) is 12.8 Å². The van der Waals surface area contributed by atoms with Gasteiger partial charge in [0, 0.05) is 12.1 Å². The van der Waals surface area contributed by atoms with Crippen LogP contribution in [0.5, 0.6) is 0 Å². The average Bonchev–Trinajstić information content (AvgIpc) is 2.86. The second kappa shape index (κ2) is 5.83. The first kappa shape index (κ1) is 16.5. The Balaban J connectivity index is 0.00000180. The summed E-state index contributed by atoms with van der Waals surface area (Å²) in [6, 6.07) is 1.55. The van der Waals surface area contributed by atoms with Crippen LogP contribution in [0.2, 0.25) is 0 Å². The molecule has 110 valence electrons. The van der Waals surface area contributed by atoms with Gasteiger partial charge in [-0.15, -0.1) is 12.4 Å². The van der Waals surface area contributed by atoms with Gasteiger partial charge in [0.25, 0.3) is 0 Å². The highest BCUT2D eigenvalue weighted by Crippen LogP contribution is 2.31. The maximum atomic E-state index is 12.4. The molecule has 19 heavy (non-hydrogen) atoms. The lowest BCUT2D eigenvalue weighted by molar-refractivity contribution is 0.398. The summed E-state index contributed by atoms with van der Waals surface area (Å²) in [5.74, 6) is 1.02. The summed E-state index contributed by atoms with van der Waals surface area (Å²) < 4.78 is 32.8. The fourth-order valence-corrected chi connectivity index (χ4v) is 4.32. The van der Waals surface area contributed by atoms with Crippen LogP contribution in [0.3, 0.4) is 0 Å². The van der Waals surface area contributed by atoms with E-state index in [9.17, 15) is 8.42 Å². The molecule has 1 aliphatic carbocycles. The molecule has 7 heteroatoms. The maximum Gasteiger partial charge on any atom is 0.244 e. The van der Waals surface area contributed by atoms with Crippen molar-refractivity contribution in [2.45, 2.75) is 50.0 Å². The Morgan fingerprint density at radius 3 is 2.37 bits per heavy atom. The molecule has 0 amide bonds. The van der Waals surface area contributed by atoms with E-state index in [0.29, 0.717) is 18.1 Å². The number of sulfonamides is 1. The van der Waals surface area contributed by atoms with E-state index in [2.05, 4.69) is 4.72 Å². The van der Waals surface area contributed by atoms with Crippen molar-refractivity contribution in [1.29, 1.82) is 0 Å². The average molecular weight is 309 g/mol. The molecule has 0 aromatic carbocycles. The molecule has 0 atom stereocenters. The van der Waals surface area contributed by atoms with Gasteiger partial charge in [-0.25, -0.2) is 13.1 Å². The highest BCUT2D eigenvalue weighted by atomic mass is 35.5. The summed E-state index contributed by atoms with van der Waals surface area (Å²) in [6.45, 7) is 3.73. The van der Waals surface area contributed by atoms with Gasteiger partial charge in [-0.2, -0.15) is 0 Å². The number of halogens is 1. The van der Waals surface area contributed by atoms with Crippen LogP contribution < -0.4 is 10.5 Å². The van der Waals surface area contributed by atoms with Gasteiger partial charge in [0.2, 0.25) is 10.0 Å². The lowest BCUT2D eigenvalue weighted by Gasteiger charge is -2.28. The van der Waals surface area contributed by atoms with Crippen molar-refractivity contribution in [2.24, 2.45) is 5.73 Å². The third-order valence-electron chi connectivity index (χ3n) is 3.59. The molecule has 1 fully saturated rings. The minimum atomic E-state index is -3.55. The van der Waals surface area contributed by atoms with E-state index in [1.807, 2.05) is 0 Å². The normalized spacial score (nSPS) is 18.3. The molecule has 1 saturated carbocycles. The Morgan fingerprint density at radius 2 is 1.95 bits per heavy atom. The molecule has 3 N–H and O–H groups in total. The molecule has 1 aromatic heterocycles. The first-order valence-corrected chi connectivity index (χ1v) is 7.68. The lowest BCUT2D eigenvalue weighted by Crippen LogP contribution is -2.51. The van der Waals surface area contributed by atoms with E-state index < -0.39 is 15.6 Å². The quantitative estimate of drug-likeness (QED) is 0.889. The van der Waals surface area contributed by atoms with Crippen molar-refractivity contribution in [3.05, 3.63) is 17.6 Å². The Kier molecular flexibility index (Phi) is 5.06. The number of nitrogens with two attached hydrogens (primary N) is 1. The van der Waals surface area contributed by atoms with Crippen molar-refractivity contribution < 1.29 is 12.8 Å². The van der Waals surface area contributed by atoms with Crippen LogP contribution in [0.25, 0.3) is 0 Å². The first-order chi connectivity index (χ1) is 8.38. The fourth-order valence-electron chi connectivity index (χ4n) is 2.61. The SMILES string of the molecule is Cc1cc(S(=O)(=O)NC2(CN)CCCC2)c(C)o1.Cl. The van der Waals surface area contributed by atoms with Crippen molar-refractivity contribution >= 4 is 22.4 Å². The number of aryl methyl sites for hydroxylation is 2. The van der Waals surface area contributed by atoms with Crippen LogP contribution in [0, 0.1) is 13.8 Å². The molecule has 2 rings (SSSR count). The van der Waals surface area contributed by atoms with Gasteiger partial charge in [0.15, 0.2) is 0 Å². The van der Waals surface area contributed by atoms with E-state index >= 15 is 0 Å². The Labute approximate surface area is 120 Å². The Morgan fingerprint density at radius 1 is 1.37 bits per heavy atom. The van der Waals surface area contributed by atoms with E-state index in [4.69, 9.17) is 10.2 Å². The monoisotopic (exact) mass is 308 g/mol. The van der Waals surface area contributed by atoms with Gasteiger partial charge in [-0.05, 0) is 32.8 Å². The number of rotatable bonds is 4. The molecule has 0 unspecified atom stereocenters. The van der Waals surface area contributed by atoms with E-state index in [-0.39, 0.29) is 17.3 Å². The zero-order valence-corrected chi connectivity index (χ0v) is 12.9. The summed E-state index contributed by atoms with van der Waals surface area (Å²) in [6.07, 6.45) is 3.64. The minimum Gasteiger partial charge on any atom is -0.465 e. The van der Waals surface area contributed by atoms with Crippen molar-refractivity contribution in [3.63, 3.8) is 0 Å². The molecule has 0 aliphatic heterocycles. The zero-order valence-electron chi connectivity index (χ0n) is 11.2. The van der Waals surface area contributed by atoms with E-state index in [0.717, 1.165) is 25.7 Å². The highest BCUT2D eigenvalue weighted by Gasteiger charge is 2.37. The maximum absolute atomic E-state index is 12.4. The van der Waals surface area contributed by atoms with Crippen LogP contribution >= 0.6 is 12.4 Å². The second-order valence-corrected chi connectivity index (χ2v) is 6.73. The molecule has 0 bridgehead atoms. The van der Waals surface area contributed by atoms with Gasteiger partial charge in [-0.3, -0.25) is 0 Å². The molecule has 5 nitrogen and oxygen atoms in total. The molecular formula is C12H21ClN2O3S. The molecule has 0 spiro atoms. The summed E-state index contributed by atoms with van der Waals surface area (Å²) in [4.78, 5) is 0.222. The minimum absolute atomic E-state index is 0. The zero-order chi connectivity index (χ0) is 13.4. The van der Waals surface area contributed by atoms with Crippen LogP contribution in [0.4, 0.5) is 0 Å². The molecule has 0 radical (unpaired) electrons. The third kappa shape index (κ3) is 3.31. The molecule has 1 heterocycles. The predicted octanol–water partition coefficient (Wildman–Crippen LogP) is 1.87. The lowest BCUT2D eigenvalue weighted by atomic mass is 10.0. The summed E-state index contributed by atoms with van der Waals surface area (Å²) in [5, 5.41) is 0. The Hall–Kier alpha value is -0.560. The number of hydrogen-bond donors (Lipinski definition) is 2. The fraction of sp³-hybridized carbons (Fsp3) is 0.667. The molecule has 0 saturated heterocycles. The molecule has 1 aliphatic rings. The standard InChI is InChI=1S/C12H20N2O3S.ClH/c1-9-7-11(10(2)17-9)18(15,16)14-12(8-13)5-3-4-6-12;/h7,14H,3-6,8,13H2,1-2H3;1H. The smallest absolute Gasteiger partial charge is 0.244 e. The molecule has 1 aromatic rings. The Bertz CT molecular complexity index is 533. The van der Waals surface area contributed by atoms with Gasteiger partial charge >= 0.3 is 0 Å². The molecular weight excluding hydrogens is 288 g/mol. The predicted molar refractivity (Wildman–Crippen MR) is 76.0 cm³/mol. The summed E-state index contributed by atoms with van der Waals surface area (Å²) >= 11 is 0. The number of hydrogen-bond acceptors (Lipinski definition) is 4. The van der Waals surface area contributed by atoms with Crippen LogP contribution in [-0.4, -0.2) is 20.5 Å². The van der Waals surface area contributed by atoms with Gasteiger partial charge in [0.1, 0.15) is 16.4 Å². The van der Waals surface area contributed by atoms with Crippen molar-refractivity contribution in [2.75, 3.05) is 6.54 Å². The summed E-state index contributed by atoms with van der Waals surface area (Å²) in [5.41, 5.74) is 5.27. The number of nitrogens with one attached hydrogen (secondary N) is 1. The third-order valence-corrected chi connectivity index (χ3v) is 5.27. The largest absolute Gasteiger partial charge is 0.465 e. The van der Waals surface area contributed by atoms with Crippen LogP contribution in [-0.2, 0) is 10.0 Å². The highest BCUT2D eigenvalue weighted by molar-refractivity contribution is 7.89. The number of furan rings is 1. The van der Waals surface area contributed by atoms with Gasteiger partial charge in [0.05, 0.1) is 0 Å². The van der Waals surface area contributed by atoms with E-state index in [1.165, 1.54) is 0 Å². The second-order valence-electron chi connectivity index (χ2n) is 5.07. The van der Waals surface area contributed by atoms with Crippen molar-refractivity contribution in [1.82, 2.24) is 4.72 Å². The van der Waals surface area contributed by atoms with Crippen LogP contribution in [0.1, 0.15) is 37.2 Å². The first-order valence-electron chi connectivity index (χ1n) is 6.20. The van der Waals surface area contributed by atoms with E-state index in [1.54, 1.807) is 19.9 Å².